The molecule has 0 spiro atoms. The summed E-state index contributed by atoms with van der Waals surface area (Å²) in [6.45, 7) is 4.92. The van der Waals surface area contributed by atoms with E-state index >= 15 is 0 Å². The number of hydrogen-bond donors (Lipinski definition) is 3. The number of esters is 1. The lowest BCUT2D eigenvalue weighted by atomic mass is 10.0. The zero-order valence-corrected chi connectivity index (χ0v) is 52.0. The maximum atomic E-state index is 12.5. The SMILES string of the molecule is CCCCCCC/C=C\CCCCCCCC(=O)OCCCCCCCCCCCCCC/C=C\CCCCCCCCCCCCCCC(=O)NC(CO)C(O)/C=C/CCCCCCCCCCCCCCCCCC. The first-order chi connectivity index (χ1) is 38.0. The highest BCUT2D eigenvalue weighted by Gasteiger charge is 2.18. The Labute approximate surface area is 481 Å². The summed E-state index contributed by atoms with van der Waals surface area (Å²) in [4.78, 5) is 24.6. The lowest BCUT2D eigenvalue weighted by Crippen LogP contribution is -2.45. The number of allylic oxidation sites excluding steroid dienone is 5. The monoisotopic (exact) mass is 1080 g/mol. The summed E-state index contributed by atoms with van der Waals surface area (Å²) in [6, 6.07) is -0.628. The highest BCUT2D eigenvalue weighted by Crippen LogP contribution is 2.18. The minimum Gasteiger partial charge on any atom is -0.466 e. The van der Waals surface area contributed by atoms with Crippen LogP contribution in [0.5, 0.6) is 0 Å². The second-order valence-electron chi connectivity index (χ2n) is 23.9. The number of ether oxygens (including phenoxy) is 1. The van der Waals surface area contributed by atoms with Crippen LogP contribution in [0, 0.1) is 0 Å². The standard InChI is InChI=1S/C71H135NO5/c1-3-5-7-9-11-13-15-17-19-20-33-36-39-43-47-51-55-59-63-69(74)68(67-73)72-70(75)64-60-56-52-48-44-40-37-34-31-29-27-25-23-21-22-24-26-28-30-32-35-38-42-46-50-54-58-62-66-77-71(76)65-61-57-53-49-45-41-18-16-14-12-10-8-6-4-2/h16,18,21-22,59,63,68-69,73-74H,3-15,17,19-20,23-58,60-62,64-67H2,1-2H3,(H,72,75)/b18-16-,22-21-,63-59+. The quantitative estimate of drug-likeness (QED) is 0.0320. The molecule has 0 heterocycles. The van der Waals surface area contributed by atoms with Crippen molar-refractivity contribution in [3.63, 3.8) is 0 Å². The first-order valence-corrected chi connectivity index (χ1v) is 34.8. The van der Waals surface area contributed by atoms with Gasteiger partial charge in [0.05, 0.1) is 25.4 Å². The molecule has 2 atom stereocenters. The van der Waals surface area contributed by atoms with E-state index in [0.29, 0.717) is 19.4 Å². The molecule has 0 aliphatic carbocycles. The molecule has 1 amide bonds. The Kier molecular flexibility index (Phi) is 64.9. The molecule has 0 aliphatic rings. The van der Waals surface area contributed by atoms with Gasteiger partial charge >= 0.3 is 5.97 Å². The lowest BCUT2D eigenvalue weighted by Gasteiger charge is -2.20. The van der Waals surface area contributed by atoms with Crippen molar-refractivity contribution in [2.24, 2.45) is 0 Å². The molecular formula is C71H135NO5. The van der Waals surface area contributed by atoms with E-state index in [4.69, 9.17) is 4.74 Å². The van der Waals surface area contributed by atoms with E-state index in [1.54, 1.807) is 6.08 Å². The van der Waals surface area contributed by atoms with Crippen molar-refractivity contribution >= 4 is 11.9 Å². The number of carbonyl (C=O) groups is 2. The van der Waals surface area contributed by atoms with Crippen molar-refractivity contribution in [2.75, 3.05) is 13.2 Å². The molecule has 0 rings (SSSR count). The summed E-state index contributed by atoms with van der Waals surface area (Å²) in [7, 11) is 0. The Morgan fingerprint density at radius 3 is 0.922 bits per heavy atom. The molecule has 0 aromatic heterocycles. The maximum Gasteiger partial charge on any atom is 0.305 e. The fraction of sp³-hybridized carbons (Fsp3) is 0.887. The van der Waals surface area contributed by atoms with Gasteiger partial charge in [0, 0.05) is 12.8 Å². The van der Waals surface area contributed by atoms with E-state index in [9.17, 15) is 19.8 Å². The van der Waals surface area contributed by atoms with Crippen molar-refractivity contribution in [3.05, 3.63) is 36.5 Å². The molecule has 0 bridgehead atoms. The Morgan fingerprint density at radius 1 is 0.351 bits per heavy atom. The topological polar surface area (TPSA) is 95.9 Å². The van der Waals surface area contributed by atoms with Gasteiger partial charge in [-0.3, -0.25) is 9.59 Å². The van der Waals surface area contributed by atoms with Crippen LogP contribution in [0.2, 0.25) is 0 Å². The highest BCUT2D eigenvalue weighted by atomic mass is 16.5. The molecular weight excluding hydrogens is 947 g/mol. The Morgan fingerprint density at radius 2 is 0.610 bits per heavy atom. The number of carbonyl (C=O) groups excluding carboxylic acids is 2. The van der Waals surface area contributed by atoms with E-state index in [-0.39, 0.29) is 18.5 Å². The molecule has 77 heavy (non-hydrogen) atoms. The van der Waals surface area contributed by atoms with Gasteiger partial charge in [-0.25, -0.2) is 0 Å². The van der Waals surface area contributed by atoms with E-state index in [1.807, 2.05) is 6.08 Å². The van der Waals surface area contributed by atoms with Gasteiger partial charge in [-0.2, -0.15) is 0 Å². The van der Waals surface area contributed by atoms with Gasteiger partial charge in [0.2, 0.25) is 5.91 Å². The maximum absolute atomic E-state index is 12.5. The van der Waals surface area contributed by atoms with Crippen LogP contribution >= 0.6 is 0 Å². The third-order valence-electron chi connectivity index (χ3n) is 16.1. The van der Waals surface area contributed by atoms with Gasteiger partial charge in [0.15, 0.2) is 0 Å². The van der Waals surface area contributed by atoms with Crippen LogP contribution in [0.1, 0.15) is 380 Å². The molecule has 0 fully saturated rings. The molecule has 0 aromatic carbocycles. The molecule has 0 aromatic rings. The number of aliphatic hydroxyl groups excluding tert-OH is 2. The predicted octanol–water partition coefficient (Wildman–Crippen LogP) is 22.3. The number of rotatable bonds is 65. The van der Waals surface area contributed by atoms with Crippen molar-refractivity contribution in [1.29, 1.82) is 0 Å². The molecule has 454 valence electrons. The summed E-state index contributed by atoms with van der Waals surface area (Å²) in [6.07, 6.45) is 85.0. The fourth-order valence-electron chi connectivity index (χ4n) is 10.8. The highest BCUT2D eigenvalue weighted by molar-refractivity contribution is 5.76. The number of aliphatic hydroxyl groups is 2. The molecule has 6 heteroatoms. The summed E-state index contributed by atoms with van der Waals surface area (Å²) >= 11 is 0. The van der Waals surface area contributed by atoms with Gasteiger partial charge in [-0.1, -0.05) is 320 Å². The van der Waals surface area contributed by atoms with Crippen LogP contribution < -0.4 is 5.32 Å². The van der Waals surface area contributed by atoms with Crippen LogP contribution in [-0.4, -0.2) is 47.4 Å². The fourth-order valence-corrected chi connectivity index (χ4v) is 10.8. The molecule has 6 nitrogen and oxygen atoms in total. The second kappa shape index (κ2) is 66.6. The molecule has 0 radical (unpaired) electrons. The number of amides is 1. The summed E-state index contributed by atoms with van der Waals surface area (Å²) < 4.78 is 5.48. The van der Waals surface area contributed by atoms with E-state index in [2.05, 4.69) is 43.5 Å². The Balaban J connectivity index is 3.40. The van der Waals surface area contributed by atoms with Crippen LogP contribution in [0.3, 0.4) is 0 Å². The molecule has 0 aliphatic heterocycles. The lowest BCUT2D eigenvalue weighted by molar-refractivity contribution is -0.143. The van der Waals surface area contributed by atoms with Crippen molar-refractivity contribution in [2.45, 2.75) is 392 Å². The molecule has 0 saturated carbocycles. The van der Waals surface area contributed by atoms with E-state index in [0.717, 1.165) is 44.9 Å². The molecule has 3 N–H and O–H groups in total. The summed E-state index contributed by atoms with van der Waals surface area (Å²) in [5.41, 5.74) is 0. The normalized spacial score (nSPS) is 12.7. The van der Waals surface area contributed by atoms with Gasteiger partial charge in [0.25, 0.3) is 0 Å². The largest absolute Gasteiger partial charge is 0.466 e. The zero-order valence-electron chi connectivity index (χ0n) is 52.0. The molecule has 2 unspecified atom stereocenters. The molecule has 0 saturated heterocycles. The van der Waals surface area contributed by atoms with Crippen molar-refractivity contribution in [1.82, 2.24) is 5.32 Å². The number of hydrogen-bond acceptors (Lipinski definition) is 5. The van der Waals surface area contributed by atoms with Crippen LogP contribution in [0.15, 0.2) is 36.5 Å². The number of nitrogens with one attached hydrogen (secondary N) is 1. The van der Waals surface area contributed by atoms with E-state index in [1.165, 1.54) is 308 Å². The van der Waals surface area contributed by atoms with Crippen molar-refractivity contribution in [3.8, 4) is 0 Å². The third kappa shape index (κ3) is 63.1. The van der Waals surface area contributed by atoms with Gasteiger partial charge in [0.1, 0.15) is 0 Å². The first kappa shape index (κ1) is 75.1. The Hall–Kier alpha value is -1.92. The van der Waals surface area contributed by atoms with Gasteiger partial charge < -0.3 is 20.3 Å². The van der Waals surface area contributed by atoms with Crippen molar-refractivity contribution < 1.29 is 24.5 Å². The number of unbranched alkanes of at least 4 members (excludes halogenated alkanes) is 50. The van der Waals surface area contributed by atoms with Crippen LogP contribution in [0.25, 0.3) is 0 Å². The van der Waals surface area contributed by atoms with Crippen LogP contribution in [-0.2, 0) is 14.3 Å². The third-order valence-corrected chi connectivity index (χ3v) is 16.1. The van der Waals surface area contributed by atoms with Gasteiger partial charge in [-0.15, -0.1) is 0 Å². The second-order valence-corrected chi connectivity index (χ2v) is 23.9. The smallest absolute Gasteiger partial charge is 0.305 e. The average molecular weight is 1080 g/mol. The summed E-state index contributed by atoms with van der Waals surface area (Å²) in [5, 5.41) is 23.2. The average Bonchev–Trinajstić information content (AvgIpc) is 3.43. The summed E-state index contributed by atoms with van der Waals surface area (Å²) in [5.74, 6) is -0.0579. The van der Waals surface area contributed by atoms with Crippen LogP contribution in [0.4, 0.5) is 0 Å². The Bertz CT molecular complexity index is 1250. The zero-order chi connectivity index (χ0) is 55.7. The van der Waals surface area contributed by atoms with E-state index < -0.39 is 12.1 Å². The minimum atomic E-state index is -0.845. The first-order valence-electron chi connectivity index (χ1n) is 34.8. The predicted molar refractivity (Wildman–Crippen MR) is 338 cm³/mol. The minimum absolute atomic E-state index is 0.00722. The van der Waals surface area contributed by atoms with Gasteiger partial charge in [-0.05, 0) is 83.5 Å².